The molecule has 3 aromatic rings. The van der Waals surface area contributed by atoms with Crippen LogP contribution in [0.1, 0.15) is 24.0 Å². The SMILES string of the molecule is COc1ccc2ccccc2c1C(C)c1ccccc1. The highest BCUT2D eigenvalue weighted by Crippen LogP contribution is 2.37. The van der Waals surface area contributed by atoms with Gasteiger partial charge in [-0.05, 0) is 22.4 Å². The number of hydrogen-bond donors (Lipinski definition) is 0. The van der Waals surface area contributed by atoms with Crippen LogP contribution in [-0.2, 0) is 0 Å². The molecule has 0 aliphatic carbocycles. The maximum absolute atomic E-state index is 5.60. The first-order valence-electron chi connectivity index (χ1n) is 6.92. The van der Waals surface area contributed by atoms with Crippen LogP contribution in [-0.4, -0.2) is 7.11 Å². The number of fused-ring (bicyclic) bond motifs is 1. The minimum Gasteiger partial charge on any atom is -0.496 e. The van der Waals surface area contributed by atoms with Gasteiger partial charge in [0.15, 0.2) is 0 Å². The molecule has 0 N–H and O–H groups in total. The third-order valence-corrected chi connectivity index (χ3v) is 3.88. The fraction of sp³-hybridized carbons (Fsp3) is 0.158. The normalized spacial score (nSPS) is 12.3. The predicted octanol–water partition coefficient (Wildman–Crippen LogP) is 5.00. The van der Waals surface area contributed by atoms with Crippen molar-refractivity contribution in [3.05, 3.63) is 77.9 Å². The van der Waals surface area contributed by atoms with E-state index in [1.807, 2.05) is 0 Å². The number of benzene rings is 3. The molecule has 0 saturated heterocycles. The van der Waals surface area contributed by atoms with E-state index in [1.54, 1.807) is 7.11 Å². The van der Waals surface area contributed by atoms with E-state index in [1.165, 1.54) is 21.9 Å². The second-order valence-corrected chi connectivity index (χ2v) is 5.04. The molecule has 0 aromatic heterocycles. The number of rotatable bonds is 3. The molecule has 0 amide bonds. The summed E-state index contributed by atoms with van der Waals surface area (Å²) in [6.45, 7) is 2.24. The molecule has 0 aliphatic rings. The van der Waals surface area contributed by atoms with Gasteiger partial charge in [-0.3, -0.25) is 0 Å². The quantitative estimate of drug-likeness (QED) is 0.645. The Labute approximate surface area is 119 Å². The summed E-state index contributed by atoms with van der Waals surface area (Å²) >= 11 is 0. The van der Waals surface area contributed by atoms with E-state index >= 15 is 0 Å². The smallest absolute Gasteiger partial charge is 0.123 e. The lowest BCUT2D eigenvalue weighted by Crippen LogP contribution is -2.00. The van der Waals surface area contributed by atoms with Crippen molar-refractivity contribution in [2.75, 3.05) is 7.11 Å². The van der Waals surface area contributed by atoms with Gasteiger partial charge in [-0.2, -0.15) is 0 Å². The van der Waals surface area contributed by atoms with Gasteiger partial charge in [0.2, 0.25) is 0 Å². The van der Waals surface area contributed by atoms with Crippen LogP contribution < -0.4 is 4.74 Å². The van der Waals surface area contributed by atoms with Gasteiger partial charge < -0.3 is 4.74 Å². The fourth-order valence-electron chi connectivity index (χ4n) is 2.81. The molecule has 0 spiro atoms. The Bertz CT molecular complexity index is 716. The first-order chi connectivity index (χ1) is 9.81. The summed E-state index contributed by atoms with van der Waals surface area (Å²) in [6, 6.07) is 23.2. The second kappa shape index (κ2) is 5.38. The van der Waals surface area contributed by atoms with Crippen molar-refractivity contribution in [1.29, 1.82) is 0 Å². The van der Waals surface area contributed by atoms with Crippen molar-refractivity contribution in [2.24, 2.45) is 0 Å². The summed E-state index contributed by atoms with van der Waals surface area (Å²) in [6.07, 6.45) is 0. The standard InChI is InChI=1S/C19H18O/c1-14(15-8-4-3-5-9-15)19-17-11-7-6-10-16(17)12-13-18(19)20-2/h3-14H,1-2H3. The van der Waals surface area contributed by atoms with Crippen LogP contribution >= 0.6 is 0 Å². The molecule has 0 heterocycles. The maximum Gasteiger partial charge on any atom is 0.123 e. The monoisotopic (exact) mass is 262 g/mol. The van der Waals surface area contributed by atoms with Crippen LogP contribution in [0.2, 0.25) is 0 Å². The van der Waals surface area contributed by atoms with E-state index in [0.29, 0.717) is 5.92 Å². The van der Waals surface area contributed by atoms with Crippen LogP contribution in [0, 0.1) is 0 Å². The summed E-state index contributed by atoms with van der Waals surface area (Å²) in [7, 11) is 1.74. The molecule has 0 bridgehead atoms. The topological polar surface area (TPSA) is 9.23 Å². The van der Waals surface area contributed by atoms with Gasteiger partial charge in [0.25, 0.3) is 0 Å². The fourth-order valence-corrected chi connectivity index (χ4v) is 2.81. The van der Waals surface area contributed by atoms with Crippen LogP contribution in [0.5, 0.6) is 5.75 Å². The molecule has 3 aromatic carbocycles. The van der Waals surface area contributed by atoms with Crippen molar-refractivity contribution in [2.45, 2.75) is 12.8 Å². The Morgan fingerprint density at radius 2 is 1.50 bits per heavy atom. The highest BCUT2D eigenvalue weighted by atomic mass is 16.5. The van der Waals surface area contributed by atoms with Crippen LogP contribution in [0.4, 0.5) is 0 Å². The lowest BCUT2D eigenvalue weighted by molar-refractivity contribution is 0.409. The zero-order valence-corrected chi connectivity index (χ0v) is 11.8. The van der Waals surface area contributed by atoms with E-state index < -0.39 is 0 Å². The van der Waals surface area contributed by atoms with E-state index in [2.05, 4.69) is 73.7 Å². The van der Waals surface area contributed by atoms with Gasteiger partial charge in [0.1, 0.15) is 5.75 Å². The molecule has 100 valence electrons. The van der Waals surface area contributed by atoms with Crippen LogP contribution in [0.25, 0.3) is 10.8 Å². The Hall–Kier alpha value is -2.28. The van der Waals surface area contributed by atoms with E-state index in [4.69, 9.17) is 4.74 Å². The molecule has 1 atom stereocenters. The summed E-state index contributed by atoms with van der Waals surface area (Å²) < 4.78 is 5.60. The summed E-state index contributed by atoms with van der Waals surface area (Å²) in [5.41, 5.74) is 2.57. The highest BCUT2D eigenvalue weighted by Gasteiger charge is 2.16. The zero-order chi connectivity index (χ0) is 13.9. The van der Waals surface area contributed by atoms with E-state index in [0.717, 1.165) is 5.75 Å². The molecule has 0 fully saturated rings. The van der Waals surface area contributed by atoms with Gasteiger partial charge >= 0.3 is 0 Å². The molecule has 1 nitrogen and oxygen atoms in total. The van der Waals surface area contributed by atoms with Crippen molar-refractivity contribution in [3.63, 3.8) is 0 Å². The van der Waals surface area contributed by atoms with Gasteiger partial charge in [-0.1, -0.05) is 67.6 Å². The van der Waals surface area contributed by atoms with Gasteiger partial charge in [0.05, 0.1) is 7.11 Å². The molecule has 3 rings (SSSR count). The Morgan fingerprint density at radius 3 is 2.25 bits per heavy atom. The van der Waals surface area contributed by atoms with Crippen molar-refractivity contribution in [3.8, 4) is 5.75 Å². The lowest BCUT2D eigenvalue weighted by atomic mass is 9.88. The van der Waals surface area contributed by atoms with Crippen LogP contribution in [0.15, 0.2) is 66.7 Å². The Kier molecular flexibility index (Phi) is 3.42. The van der Waals surface area contributed by atoms with Crippen LogP contribution in [0.3, 0.4) is 0 Å². The molecule has 0 aliphatic heterocycles. The summed E-state index contributed by atoms with van der Waals surface area (Å²) in [5, 5.41) is 2.52. The summed E-state index contributed by atoms with van der Waals surface area (Å²) in [5.74, 6) is 1.26. The Morgan fingerprint density at radius 1 is 0.800 bits per heavy atom. The zero-order valence-electron chi connectivity index (χ0n) is 11.8. The molecule has 1 heteroatoms. The number of methoxy groups -OCH3 is 1. The lowest BCUT2D eigenvalue weighted by Gasteiger charge is -2.18. The van der Waals surface area contributed by atoms with Gasteiger partial charge in [-0.15, -0.1) is 0 Å². The van der Waals surface area contributed by atoms with E-state index in [-0.39, 0.29) is 0 Å². The third-order valence-electron chi connectivity index (χ3n) is 3.88. The Balaban J connectivity index is 2.23. The molecule has 1 unspecified atom stereocenters. The minimum atomic E-state index is 0.303. The average Bonchev–Trinajstić information content (AvgIpc) is 2.54. The van der Waals surface area contributed by atoms with E-state index in [9.17, 15) is 0 Å². The second-order valence-electron chi connectivity index (χ2n) is 5.04. The summed E-state index contributed by atoms with van der Waals surface area (Å²) in [4.78, 5) is 0. The molecular weight excluding hydrogens is 244 g/mol. The maximum atomic E-state index is 5.60. The van der Waals surface area contributed by atoms with Crippen molar-refractivity contribution < 1.29 is 4.74 Å². The van der Waals surface area contributed by atoms with Gasteiger partial charge in [-0.25, -0.2) is 0 Å². The first kappa shape index (κ1) is 12.7. The largest absolute Gasteiger partial charge is 0.496 e. The number of hydrogen-bond acceptors (Lipinski definition) is 1. The molecule has 0 radical (unpaired) electrons. The minimum absolute atomic E-state index is 0.303. The molecule has 20 heavy (non-hydrogen) atoms. The highest BCUT2D eigenvalue weighted by molar-refractivity contribution is 5.88. The van der Waals surface area contributed by atoms with Crippen molar-refractivity contribution >= 4 is 10.8 Å². The van der Waals surface area contributed by atoms with Crippen molar-refractivity contribution in [1.82, 2.24) is 0 Å². The number of ether oxygens (including phenoxy) is 1. The third kappa shape index (κ3) is 2.16. The average molecular weight is 262 g/mol. The molecule has 0 saturated carbocycles. The first-order valence-corrected chi connectivity index (χ1v) is 6.92. The van der Waals surface area contributed by atoms with Gasteiger partial charge in [0, 0.05) is 11.5 Å². The molecular formula is C19H18O. The predicted molar refractivity (Wildman–Crippen MR) is 84.5 cm³/mol.